The predicted molar refractivity (Wildman–Crippen MR) is 121 cm³/mol. The Morgan fingerprint density at radius 3 is 2.25 bits per heavy atom. The smallest absolute Gasteiger partial charge is 0.251 e. The van der Waals surface area contributed by atoms with Gasteiger partial charge in [-0.15, -0.1) is 0 Å². The lowest BCUT2D eigenvalue weighted by atomic mass is 10.1. The van der Waals surface area contributed by atoms with Crippen molar-refractivity contribution in [1.29, 1.82) is 0 Å². The minimum atomic E-state index is -3.72. The second-order valence-electron chi connectivity index (χ2n) is 6.94. The van der Waals surface area contributed by atoms with Gasteiger partial charge in [0.15, 0.2) is 0 Å². The quantitative estimate of drug-likeness (QED) is 0.390. The van der Waals surface area contributed by atoms with E-state index in [0.717, 1.165) is 0 Å². The fourth-order valence-corrected chi connectivity index (χ4v) is 3.70. The molecular formula is C22H29N3O6S. The maximum Gasteiger partial charge on any atom is 0.251 e. The van der Waals surface area contributed by atoms with Crippen LogP contribution in [-0.4, -0.2) is 53.7 Å². The summed E-state index contributed by atoms with van der Waals surface area (Å²) in [5.74, 6) is -0.434. The number of hydrogen-bond acceptors (Lipinski definition) is 6. The van der Waals surface area contributed by atoms with Crippen molar-refractivity contribution in [3.63, 3.8) is 0 Å². The molecule has 2 aromatic carbocycles. The zero-order valence-electron chi connectivity index (χ0n) is 18.2. The molecule has 0 bridgehead atoms. The molecule has 0 aromatic heterocycles. The molecule has 174 valence electrons. The van der Waals surface area contributed by atoms with Gasteiger partial charge in [0, 0.05) is 45.0 Å². The van der Waals surface area contributed by atoms with E-state index in [0.29, 0.717) is 49.6 Å². The van der Waals surface area contributed by atoms with Crippen molar-refractivity contribution in [2.75, 3.05) is 38.8 Å². The van der Waals surface area contributed by atoms with Gasteiger partial charge >= 0.3 is 0 Å². The molecule has 0 unspecified atom stereocenters. The van der Waals surface area contributed by atoms with Crippen molar-refractivity contribution in [3.8, 4) is 0 Å². The predicted octanol–water partition coefficient (Wildman–Crippen LogP) is 1.91. The molecule has 0 aliphatic heterocycles. The first-order valence-corrected chi connectivity index (χ1v) is 11.6. The summed E-state index contributed by atoms with van der Waals surface area (Å²) < 4.78 is 37.7. The number of carbonyl (C=O) groups excluding carboxylic acids is 2. The molecule has 0 saturated carbocycles. The van der Waals surface area contributed by atoms with Crippen molar-refractivity contribution in [1.82, 2.24) is 10.0 Å². The van der Waals surface area contributed by atoms with E-state index in [1.54, 1.807) is 31.4 Å². The monoisotopic (exact) mass is 463 g/mol. The second-order valence-corrected chi connectivity index (χ2v) is 8.71. The molecule has 0 radical (unpaired) electrons. The van der Waals surface area contributed by atoms with Crippen molar-refractivity contribution in [3.05, 3.63) is 59.7 Å². The molecule has 2 amide bonds. The van der Waals surface area contributed by atoms with Gasteiger partial charge in [0.2, 0.25) is 15.9 Å². The Kier molecular flexibility index (Phi) is 10.3. The summed E-state index contributed by atoms with van der Waals surface area (Å²) in [7, 11) is -2.11. The second kappa shape index (κ2) is 12.9. The summed E-state index contributed by atoms with van der Waals surface area (Å²) in [5.41, 5.74) is 1.72. The fraction of sp³-hybridized carbons (Fsp3) is 0.364. The van der Waals surface area contributed by atoms with Crippen LogP contribution in [-0.2, 0) is 30.8 Å². The van der Waals surface area contributed by atoms with Crippen molar-refractivity contribution in [2.45, 2.75) is 24.8 Å². The molecule has 0 heterocycles. The van der Waals surface area contributed by atoms with Crippen LogP contribution in [0.25, 0.3) is 0 Å². The molecule has 2 aromatic rings. The van der Waals surface area contributed by atoms with Gasteiger partial charge in [-0.2, -0.15) is 0 Å². The van der Waals surface area contributed by atoms with Gasteiger partial charge in [0.1, 0.15) is 0 Å². The molecule has 32 heavy (non-hydrogen) atoms. The topological polar surface area (TPSA) is 123 Å². The Morgan fingerprint density at radius 1 is 0.938 bits per heavy atom. The molecule has 0 saturated heterocycles. The van der Waals surface area contributed by atoms with E-state index in [1.807, 2.05) is 0 Å². The van der Waals surface area contributed by atoms with Crippen LogP contribution in [0.3, 0.4) is 0 Å². The first kappa shape index (κ1) is 25.5. The van der Waals surface area contributed by atoms with Crippen LogP contribution >= 0.6 is 0 Å². The number of carbonyl (C=O) groups is 2. The Bertz CT molecular complexity index is 976. The first-order valence-electron chi connectivity index (χ1n) is 10.1. The summed E-state index contributed by atoms with van der Waals surface area (Å²) in [6, 6.07) is 12.6. The number of benzene rings is 2. The Morgan fingerprint density at radius 2 is 1.62 bits per heavy atom. The lowest BCUT2D eigenvalue weighted by Gasteiger charge is -2.09. The fourth-order valence-electron chi connectivity index (χ4n) is 2.68. The third kappa shape index (κ3) is 8.75. The van der Waals surface area contributed by atoms with E-state index in [9.17, 15) is 18.0 Å². The maximum absolute atomic E-state index is 12.5. The Hall–Kier alpha value is -2.79. The van der Waals surface area contributed by atoms with Crippen LogP contribution in [0, 0.1) is 0 Å². The highest BCUT2D eigenvalue weighted by molar-refractivity contribution is 7.89. The Balaban J connectivity index is 1.80. The Labute approximate surface area is 188 Å². The minimum Gasteiger partial charge on any atom is -0.382 e. The number of anilines is 1. The van der Waals surface area contributed by atoms with Crippen molar-refractivity contribution in [2.24, 2.45) is 0 Å². The first-order chi connectivity index (χ1) is 15.3. The number of rotatable bonds is 13. The molecule has 0 spiro atoms. The van der Waals surface area contributed by atoms with Gasteiger partial charge in [-0.05, 0) is 48.4 Å². The molecule has 0 fully saturated rings. The van der Waals surface area contributed by atoms with E-state index >= 15 is 0 Å². The highest BCUT2D eigenvalue weighted by atomic mass is 32.2. The van der Waals surface area contributed by atoms with E-state index in [4.69, 9.17) is 9.47 Å². The number of sulfonamides is 1. The summed E-state index contributed by atoms with van der Waals surface area (Å²) in [4.78, 5) is 23.3. The zero-order valence-corrected chi connectivity index (χ0v) is 19.0. The highest BCUT2D eigenvalue weighted by Crippen LogP contribution is 2.14. The molecule has 3 N–H and O–H groups in total. The van der Waals surface area contributed by atoms with Gasteiger partial charge in [-0.25, -0.2) is 13.1 Å². The highest BCUT2D eigenvalue weighted by Gasteiger charge is 2.14. The molecule has 9 nitrogen and oxygen atoms in total. The molecule has 0 aliphatic carbocycles. The average molecular weight is 464 g/mol. The van der Waals surface area contributed by atoms with E-state index in [2.05, 4.69) is 15.4 Å². The average Bonchev–Trinajstić information content (AvgIpc) is 2.77. The normalized spacial score (nSPS) is 11.2. The lowest BCUT2D eigenvalue weighted by molar-refractivity contribution is -0.114. The van der Waals surface area contributed by atoms with Gasteiger partial charge in [0.25, 0.3) is 5.91 Å². The van der Waals surface area contributed by atoms with Crippen LogP contribution in [0.2, 0.25) is 0 Å². The zero-order chi connectivity index (χ0) is 23.4. The largest absolute Gasteiger partial charge is 0.382 e. The number of nitrogens with one attached hydrogen (secondary N) is 3. The van der Waals surface area contributed by atoms with Gasteiger partial charge < -0.3 is 20.1 Å². The SMILES string of the molecule is COCCOCCCNC(=O)c1ccc(CNS(=O)(=O)c2ccc(NC(C)=O)cc2)cc1. The molecular weight excluding hydrogens is 434 g/mol. The van der Waals surface area contributed by atoms with Crippen LogP contribution in [0.1, 0.15) is 29.3 Å². The summed E-state index contributed by atoms with van der Waals surface area (Å²) >= 11 is 0. The number of hydrogen-bond donors (Lipinski definition) is 3. The number of methoxy groups -OCH3 is 1. The van der Waals surface area contributed by atoms with Gasteiger partial charge in [-0.1, -0.05) is 12.1 Å². The third-order valence-electron chi connectivity index (χ3n) is 4.35. The summed E-state index contributed by atoms with van der Waals surface area (Å²) in [6.07, 6.45) is 0.696. The van der Waals surface area contributed by atoms with E-state index in [-0.39, 0.29) is 23.3 Å². The van der Waals surface area contributed by atoms with E-state index in [1.165, 1.54) is 31.2 Å². The molecule has 10 heteroatoms. The van der Waals surface area contributed by atoms with Crippen LogP contribution in [0.4, 0.5) is 5.69 Å². The lowest BCUT2D eigenvalue weighted by Crippen LogP contribution is -2.25. The van der Waals surface area contributed by atoms with Gasteiger partial charge in [-0.3, -0.25) is 9.59 Å². The molecule has 0 aliphatic rings. The van der Waals surface area contributed by atoms with Crippen molar-refractivity contribution >= 4 is 27.5 Å². The summed E-state index contributed by atoms with van der Waals surface area (Å²) in [6.45, 7) is 3.56. The summed E-state index contributed by atoms with van der Waals surface area (Å²) in [5, 5.41) is 5.40. The van der Waals surface area contributed by atoms with Crippen LogP contribution in [0.5, 0.6) is 0 Å². The molecule has 0 atom stereocenters. The number of ether oxygens (including phenoxy) is 2. The maximum atomic E-state index is 12.5. The van der Waals surface area contributed by atoms with Gasteiger partial charge in [0.05, 0.1) is 18.1 Å². The third-order valence-corrected chi connectivity index (χ3v) is 5.77. The molecule has 2 rings (SSSR count). The van der Waals surface area contributed by atoms with E-state index < -0.39 is 10.0 Å². The minimum absolute atomic E-state index is 0.0799. The van der Waals surface area contributed by atoms with Crippen LogP contribution < -0.4 is 15.4 Å². The standard InChI is InChI=1S/C22H29N3O6S/c1-17(26)25-20-8-10-21(11-9-20)32(28,29)24-16-18-4-6-19(7-5-18)22(27)23-12-3-13-31-15-14-30-2/h4-11,24H,3,12-16H2,1-2H3,(H,23,27)(H,25,26). The van der Waals surface area contributed by atoms with Crippen molar-refractivity contribution < 1.29 is 27.5 Å². The number of amides is 2. The van der Waals surface area contributed by atoms with Crippen LogP contribution in [0.15, 0.2) is 53.4 Å².